The molecule has 0 heterocycles. The van der Waals surface area contributed by atoms with Crippen LogP contribution in [0.2, 0.25) is 0 Å². The second-order valence-electron chi connectivity index (χ2n) is 3.06. The van der Waals surface area contributed by atoms with Gasteiger partial charge in [-0.1, -0.05) is 30.4 Å². The van der Waals surface area contributed by atoms with E-state index in [4.69, 9.17) is 0 Å². The SMILES string of the molecule is [C]1=C\C/C=C\CCC/C=C\CC/1. The van der Waals surface area contributed by atoms with Crippen molar-refractivity contribution in [1.82, 2.24) is 0 Å². The first-order valence-corrected chi connectivity index (χ1v) is 4.85. The van der Waals surface area contributed by atoms with Gasteiger partial charge in [-0.2, -0.15) is 0 Å². The molecule has 0 saturated carbocycles. The lowest BCUT2D eigenvalue weighted by Crippen LogP contribution is -1.73. The van der Waals surface area contributed by atoms with Crippen LogP contribution in [0.25, 0.3) is 0 Å². The maximum absolute atomic E-state index is 3.28. The van der Waals surface area contributed by atoms with Crippen molar-refractivity contribution in [1.29, 1.82) is 0 Å². The molecule has 0 aromatic heterocycles. The minimum atomic E-state index is 1.06. The molecule has 0 bridgehead atoms. The molecule has 0 N–H and O–H groups in total. The molecule has 0 fully saturated rings. The van der Waals surface area contributed by atoms with Crippen molar-refractivity contribution in [3.05, 3.63) is 36.5 Å². The van der Waals surface area contributed by atoms with Crippen molar-refractivity contribution >= 4 is 0 Å². The molecule has 1 aliphatic rings. The third-order valence-electron chi connectivity index (χ3n) is 1.93. The van der Waals surface area contributed by atoms with Gasteiger partial charge in [-0.3, -0.25) is 0 Å². The van der Waals surface area contributed by atoms with Gasteiger partial charge in [0.05, 0.1) is 0 Å². The summed E-state index contributed by atoms with van der Waals surface area (Å²) in [6.45, 7) is 0. The minimum Gasteiger partial charge on any atom is -0.0885 e. The lowest BCUT2D eigenvalue weighted by molar-refractivity contribution is 0.858. The maximum Gasteiger partial charge on any atom is -0.0163 e. The summed E-state index contributed by atoms with van der Waals surface area (Å²) in [5, 5.41) is 0. The van der Waals surface area contributed by atoms with E-state index in [2.05, 4.69) is 36.5 Å². The van der Waals surface area contributed by atoms with E-state index in [1.54, 1.807) is 0 Å². The molecule has 0 heteroatoms. The molecule has 0 unspecified atom stereocenters. The number of allylic oxidation sites excluding steroid dienone is 6. The van der Waals surface area contributed by atoms with Crippen LogP contribution in [0.1, 0.15) is 38.5 Å². The summed E-state index contributed by atoms with van der Waals surface area (Å²) in [5.41, 5.74) is 0. The van der Waals surface area contributed by atoms with Gasteiger partial charge in [-0.05, 0) is 44.6 Å². The highest BCUT2D eigenvalue weighted by molar-refractivity contribution is 4.92. The first kappa shape index (κ1) is 9.31. The molecule has 0 spiro atoms. The Morgan fingerprint density at radius 1 is 0.833 bits per heavy atom. The van der Waals surface area contributed by atoms with E-state index in [1.165, 1.54) is 19.3 Å². The van der Waals surface area contributed by atoms with Gasteiger partial charge < -0.3 is 0 Å². The van der Waals surface area contributed by atoms with E-state index in [9.17, 15) is 0 Å². The summed E-state index contributed by atoms with van der Waals surface area (Å²) in [4.78, 5) is 0. The van der Waals surface area contributed by atoms with Crippen LogP contribution >= 0.6 is 0 Å². The predicted octanol–water partition coefficient (Wildman–Crippen LogP) is 3.81. The van der Waals surface area contributed by atoms with Crippen molar-refractivity contribution in [2.75, 3.05) is 0 Å². The zero-order chi connectivity index (χ0) is 8.49. The second-order valence-corrected chi connectivity index (χ2v) is 3.06. The summed E-state index contributed by atoms with van der Waals surface area (Å²) in [7, 11) is 0. The van der Waals surface area contributed by atoms with E-state index >= 15 is 0 Å². The van der Waals surface area contributed by atoms with Crippen LogP contribution < -0.4 is 0 Å². The fraction of sp³-hybridized carbons (Fsp3) is 0.500. The van der Waals surface area contributed by atoms with Crippen LogP contribution in [-0.4, -0.2) is 0 Å². The molecule has 0 aromatic carbocycles. The Bertz CT molecular complexity index is 172. The van der Waals surface area contributed by atoms with E-state index < -0.39 is 0 Å². The third-order valence-corrected chi connectivity index (χ3v) is 1.93. The van der Waals surface area contributed by atoms with Gasteiger partial charge in [0.25, 0.3) is 0 Å². The Kier molecular flexibility index (Phi) is 5.35. The molecule has 1 radical (unpaired) electrons. The number of hydrogen-bond donors (Lipinski definition) is 0. The summed E-state index contributed by atoms with van der Waals surface area (Å²) >= 11 is 0. The average Bonchev–Trinajstić information content (AvgIpc) is 2.05. The first-order chi connectivity index (χ1) is 6.00. The van der Waals surface area contributed by atoms with Gasteiger partial charge in [0.1, 0.15) is 0 Å². The molecule has 1 aliphatic carbocycles. The van der Waals surface area contributed by atoms with Crippen LogP contribution in [-0.2, 0) is 0 Å². The Morgan fingerprint density at radius 2 is 1.58 bits per heavy atom. The van der Waals surface area contributed by atoms with Crippen molar-refractivity contribution in [3.63, 3.8) is 0 Å². The number of rotatable bonds is 0. The monoisotopic (exact) mass is 161 g/mol. The first-order valence-electron chi connectivity index (χ1n) is 4.85. The smallest absolute Gasteiger partial charge is 0.0163 e. The van der Waals surface area contributed by atoms with Crippen molar-refractivity contribution in [3.8, 4) is 0 Å². The quantitative estimate of drug-likeness (QED) is 0.474. The lowest BCUT2D eigenvalue weighted by Gasteiger charge is -1.92. The zero-order valence-corrected chi connectivity index (χ0v) is 7.63. The van der Waals surface area contributed by atoms with Gasteiger partial charge in [0.2, 0.25) is 0 Å². The summed E-state index contributed by atoms with van der Waals surface area (Å²) in [6, 6.07) is 0. The third kappa shape index (κ3) is 4.95. The van der Waals surface area contributed by atoms with Crippen molar-refractivity contribution in [2.24, 2.45) is 0 Å². The normalized spacial score (nSPS) is 28.0. The highest BCUT2D eigenvalue weighted by Crippen LogP contribution is 2.02. The van der Waals surface area contributed by atoms with Crippen LogP contribution in [0.5, 0.6) is 0 Å². The highest BCUT2D eigenvalue weighted by atomic mass is 13.9. The fourth-order valence-electron chi connectivity index (χ4n) is 1.22. The Morgan fingerprint density at radius 3 is 2.50 bits per heavy atom. The van der Waals surface area contributed by atoms with Crippen molar-refractivity contribution in [2.45, 2.75) is 38.5 Å². The van der Waals surface area contributed by atoms with Gasteiger partial charge >= 0.3 is 0 Å². The van der Waals surface area contributed by atoms with Crippen LogP contribution in [0.3, 0.4) is 0 Å². The molecule has 0 nitrogen and oxygen atoms in total. The molecule has 0 aliphatic heterocycles. The van der Waals surface area contributed by atoms with Gasteiger partial charge in [0, 0.05) is 0 Å². The average molecular weight is 161 g/mol. The summed E-state index contributed by atoms with van der Waals surface area (Å²) < 4.78 is 0. The molecule has 65 valence electrons. The molecule has 12 heavy (non-hydrogen) atoms. The Balaban J connectivity index is 2.30. The molecule has 0 saturated heterocycles. The molecular formula is C12H17. The van der Waals surface area contributed by atoms with E-state index in [0.29, 0.717) is 0 Å². The Labute approximate surface area is 75.7 Å². The molecule has 0 aromatic rings. The van der Waals surface area contributed by atoms with Gasteiger partial charge in [0.15, 0.2) is 0 Å². The summed E-state index contributed by atoms with van der Waals surface area (Å²) in [6.07, 6.45) is 21.5. The van der Waals surface area contributed by atoms with Gasteiger partial charge in [-0.25, -0.2) is 0 Å². The van der Waals surface area contributed by atoms with E-state index in [0.717, 1.165) is 19.3 Å². The highest BCUT2D eigenvalue weighted by Gasteiger charge is 1.83. The minimum absolute atomic E-state index is 1.06. The fourth-order valence-corrected chi connectivity index (χ4v) is 1.22. The lowest BCUT2D eigenvalue weighted by atomic mass is 10.1. The predicted molar refractivity (Wildman–Crippen MR) is 53.8 cm³/mol. The zero-order valence-electron chi connectivity index (χ0n) is 7.63. The largest absolute Gasteiger partial charge is 0.0885 e. The van der Waals surface area contributed by atoms with Crippen LogP contribution in [0.4, 0.5) is 0 Å². The number of hydrogen-bond acceptors (Lipinski definition) is 0. The van der Waals surface area contributed by atoms with Crippen molar-refractivity contribution < 1.29 is 0 Å². The standard InChI is InChI=1S/C12H17/c1-2-4-6-8-10-12-11-9-7-5-3-1/h1-2,5,10,12H,3-4,6,8-9,11H2/b2-1-,7-5?,12-10-. The molecule has 0 amide bonds. The maximum atomic E-state index is 3.28. The molecule has 1 rings (SSSR count). The van der Waals surface area contributed by atoms with Gasteiger partial charge in [-0.15, -0.1) is 0 Å². The molecular weight excluding hydrogens is 144 g/mol. The van der Waals surface area contributed by atoms with Crippen LogP contribution in [0, 0.1) is 6.08 Å². The van der Waals surface area contributed by atoms with Crippen LogP contribution in [0.15, 0.2) is 30.4 Å². The molecule has 0 atom stereocenters. The summed E-state index contributed by atoms with van der Waals surface area (Å²) in [5.74, 6) is 0. The topological polar surface area (TPSA) is 0 Å². The van der Waals surface area contributed by atoms with E-state index in [-0.39, 0.29) is 0 Å². The second kappa shape index (κ2) is 6.90. The van der Waals surface area contributed by atoms with E-state index in [1.807, 2.05) is 0 Å². The Hall–Kier alpha value is -0.780.